The molecule has 0 aliphatic heterocycles. The van der Waals surface area contributed by atoms with Crippen LogP contribution in [0.4, 0.5) is 0 Å². The molecule has 7 nitrogen and oxygen atoms in total. The number of benzene rings is 2. The van der Waals surface area contributed by atoms with E-state index in [-0.39, 0.29) is 10.6 Å². The van der Waals surface area contributed by atoms with Crippen molar-refractivity contribution < 1.29 is 8.42 Å². The summed E-state index contributed by atoms with van der Waals surface area (Å²) in [7, 11) is -3.68. The normalized spacial score (nSPS) is 12.3. The zero-order valence-electron chi connectivity index (χ0n) is 18.5. The molecule has 0 aliphatic rings. The first-order chi connectivity index (χ1) is 14.6. The van der Waals surface area contributed by atoms with E-state index < -0.39 is 15.6 Å². The topological polar surface area (TPSA) is 96.8 Å². The summed E-state index contributed by atoms with van der Waals surface area (Å²) in [5.41, 5.74) is 1.57. The number of hydrogen-bond acceptors (Lipinski definition) is 4. The molecule has 0 fully saturated rings. The second-order valence-corrected chi connectivity index (χ2v) is 10.3. The Hall–Kier alpha value is -2.71. The Morgan fingerprint density at radius 2 is 1.74 bits per heavy atom. The lowest BCUT2D eigenvalue weighted by Crippen LogP contribution is -2.40. The molecule has 0 saturated heterocycles. The van der Waals surface area contributed by atoms with Crippen molar-refractivity contribution in [3.05, 3.63) is 70.4 Å². The number of H-pyrrole nitrogens is 1. The summed E-state index contributed by atoms with van der Waals surface area (Å²) in [5, 5.41) is 6.66. The average molecular weight is 443 g/mol. The molecule has 1 heterocycles. The summed E-state index contributed by atoms with van der Waals surface area (Å²) >= 11 is 0. The third-order valence-corrected chi connectivity index (χ3v) is 6.63. The fraction of sp³-hybridized carbons (Fsp3) is 0.391. The Labute approximate surface area is 183 Å². The molecule has 8 heteroatoms. The maximum absolute atomic E-state index is 12.9. The first kappa shape index (κ1) is 23.0. The molecule has 166 valence electrons. The highest BCUT2D eigenvalue weighted by molar-refractivity contribution is 7.89. The third kappa shape index (κ3) is 5.71. The highest BCUT2D eigenvalue weighted by Crippen LogP contribution is 2.28. The minimum absolute atomic E-state index is 0.222. The maximum atomic E-state index is 12.9. The van der Waals surface area contributed by atoms with E-state index in [1.54, 1.807) is 22.8 Å². The van der Waals surface area contributed by atoms with E-state index in [0.717, 1.165) is 36.2 Å². The summed E-state index contributed by atoms with van der Waals surface area (Å²) in [6, 6.07) is 14.6. The first-order valence-corrected chi connectivity index (χ1v) is 12.0. The van der Waals surface area contributed by atoms with Crippen LogP contribution in [0.2, 0.25) is 0 Å². The van der Waals surface area contributed by atoms with Crippen LogP contribution in [0.5, 0.6) is 0 Å². The SMILES string of the molecule is CCCCc1n[nH]c(=O)n1Cc1ccc(-c2ccccc2S(=O)(=O)NC(C)(C)C)cc1. The molecule has 3 rings (SSSR count). The van der Waals surface area contributed by atoms with E-state index in [4.69, 9.17) is 0 Å². The van der Waals surface area contributed by atoms with E-state index in [1.807, 2.05) is 51.1 Å². The van der Waals surface area contributed by atoms with Gasteiger partial charge in [-0.3, -0.25) is 4.57 Å². The molecule has 0 saturated carbocycles. The first-order valence-electron chi connectivity index (χ1n) is 10.5. The second kappa shape index (κ2) is 9.20. The molecule has 0 aliphatic carbocycles. The smallest absolute Gasteiger partial charge is 0.275 e. The van der Waals surface area contributed by atoms with E-state index in [2.05, 4.69) is 21.8 Å². The molecule has 0 atom stereocenters. The van der Waals surface area contributed by atoms with Gasteiger partial charge < -0.3 is 0 Å². The number of rotatable bonds is 8. The number of hydrogen-bond donors (Lipinski definition) is 2. The van der Waals surface area contributed by atoms with Gasteiger partial charge in [0.05, 0.1) is 11.4 Å². The molecule has 2 aromatic carbocycles. The summed E-state index contributed by atoms with van der Waals surface area (Å²) < 4.78 is 30.2. The molecule has 0 unspecified atom stereocenters. The number of nitrogens with one attached hydrogen (secondary N) is 2. The number of unbranched alkanes of at least 4 members (excludes halogenated alkanes) is 1. The Morgan fingerprint density at radius 3 is 2.39 bits per heavy atom. The lowest BCUT2D eigenvalue weighted by Gasteiger charge is -2.21. The average Bonchev–Trinajstić information content (AvgIpc) is 3.05. The van der Waals surface area contributed by atoms with Gasteiger partial charge in [0, 0.05) is 17.5 Å². The number of sulfonamides is 1. The van der Waals surface area contributed by atoms with Gasteiger partial charge in [0.15, 0.2) is 0 Å². The van der Waals surface area contributed by atoms with Gasteiger partial charge >= 0.3 is 5.69 Å². The van der Waals surface area contributed by atoms with Gasteiger partial charge in [-0.25, -0.2) is 23.0 Å². The zero-order valence-corrected chi connectivity index (χ0v) is 19.3. The molecule has 0 bridgehead atoms. The van der Waals surface area contributed by atoms with E-state index in [0.29, 0.717) is 12.1 Å². The number of nitrogens with zero attached hydrogens (tertiary/aromatic N) is 2. The van der Waals surface area contributed by atoms with Crippen LogP contribution in [-0.2, 0) is 23.0 Å². The maximum Gasteiger partial charge on any atom is 0.343 e. The quantitative estimate of drug-likeness (QED) is 0.556. The van der Waals surface area contributed by atoms with E-state index in [9.17, 15) is 13.2 Å². The van der Waals surface area contributed by atoms with Crippen LogP contribution in [0.25, 0.3) is 11.1 Å². The standard InChI is InChI=1S/C23H30N4O3S/c1-5-6-11-21-24-25-22(28)27(21)16-17-12-14-18(15-13-17)19-9-7-8-10-20(19)31(29,30)26-23(2,3)4/h7-10,12-15,26H,5-6,11,16H2,1-4H3,(H,25,28). The van der Waals surface area contributed by atoms with Crippen LogP contribution in [-0.4, -0.2) is 28.7 Å². The molecule has 2 N–H and O–H groups in total. The van der Waals surface area contributed by atoms with Gasteiger partial charge in [-0.15, -0.1) is 0 Å². The molecule has 0 spiro atoms. The zero-order chi connectivity index (χ0) is 22.6. The predicted molar refractivity (Wildman–Crippen MR) is 123 cm³/mol. The largest absolute Gasteiger partial charge is 0.343 e. The second-order valence-electron chi connectivity index (χ2n) is 8.68. The van der Waals surface area contributed by atoms with Gasteiger partial charge in [0.1, 0.15) is 5.82 Å². The van der Waals surface area contributed by atoms with Crippen molar-refractivity contribution in [2.45, 2.75) is 63.9 Å². The van der Waals surface area contributed by atoms with Gasteiger partial charge in [-0.1, -0.05) is 55.8 Å². The van der Waals surface area contributed by atoms with Crippen LogP contribution in [0.15, 0.2) is 58.2 Å². The Balaban J connectivity index is 1.89. The van der Waals surface area contributed by atoms with Crippen molar-refractivity contribution >= 4 is 10.0 Å². The van der Waals surface area contributed by atoms with Crippen molar-refractivity contribution in [2.24, 2.45) is 0 Å². The van der Waals surface area contributed by atoms with Crippen molar-refractivity contribution in [1.82, 2.24) is 19.5 Å². The van der Waals surface area contributed by atoms with E-state index in [1.165, 1.54) is 0 Å². The fourth-order valence-corrected chi connectivity index (χ4v) is 5.06. The lowest BCUT2D eigenvalue weighted by atomic mass is 10.0. The Bertz CT molecular complexity index is 1190. The number of aromatic nitrogens is 3. The molecule has 0 radical (unpaired) electrons. The monoisotopic (exact) mass is 442 g/mol. The minimum atomic E-state index is -3.68. The van der Waals surface area contributed by atoms with Crippen molar-refractivity contribution in [3.8, 4) is 11.1 Å². The fourth-order valence-electron chi connectivity index (χ4n) is 3.41. The number of aryl methyl sites for hydroxylation is 1. The highest BCUT2D eigenvalue weighted by atomic mass is 32.2. The summed E-state index contributed by atoms with van der Waals surface area (Å²) in [4.78, 5) is 12.4. The summed E-state index contributed by atoms with van der Waals surface area (Å²) in [6.45, 7) is 7.96. The molecule has 3 aromatic rings. The number of aromatic amines is 1. The predicted octanol–water partition coefficient (Wildman–Crippen LogP) is 3.71. The Morgan fingerprint density at radius 1 is 1.06 bits per heavy atom. The molecule has 31 heavy (non-hydrogen) atoms. The third-order valence-electron chi connectivity index (χ3n) is 4.81. The molecule has 1 aromatic heterocycles. The molecule has 0 amide bonds. The van der Waals surface area contributed by atoms with Gasteiger partial charge in [0.2, 0.25) is 10.0 Å². The lowest BCUT2D eigenvalue weighted by molar-refractivity contribution is 0.491. The molecular weight excluding hydrogens is 412 g/mol. The Kier molecular flexibility index (Phi) is 6.81. The van der Waals surface area contributed by atoms with Crippen molar-refractivity contribution in [2.75, 3.05) is 0 Å². The summed E-state index contributed by atoms with van der Waals surface area (Å²) in [6.07, 6.45) is 2.75. The van der Waals surface area contributed by atoms with Gasteiger partial charge in [0.25, 0.3) is 0 Å². The van der Waals surface area contributed by atoms with Crippen LogP contribution < -0.4 is 10.4 Å². The van der Waals surface area contributed by atoms with Gasteiger partial charge in [-0.2, -0.15) is 5.10 Å². The molecular formula is C23H30N4O3S. The van der Waals surface area contributed by atoms with Crippen LogP contribution in [0.3, 0.4) is 0 Å². The van der Waals surface area contributed by atoms with Crippen molar-refractivity contribution in [3.63, 3.8) is 0 Å². The van der Waals surface area contributed by atoms with Crippen molar-refractivity contribution in [1.29, 1.82) is 0 Å². The van der Waals surface area contributed by atoms with Crippen LogP contribution in [0.1, 0.15) is 51.9 Å². The van der Waals surface area contributed by atoms with Gasteiger partial charge in [-0.05, 0) is 44.4 Å². The van der Waals surface area contributed by atoms with Crippen LogP contribution >= 0.6 is 0 Å². The minimum Gasteiger partial charge on any atom is -0.275 e. The highest BCUT2D eigenvalue weighted by Gasteiger charge is 2.24. The van der Waals surface area contributed by atoms with Crippen LogP contribution in [0, 0.1) is 0 Å². The van der Waals surface area contributed by atoms with E-state index >= 15 is 0 Å². The summed E-state index contributed by atoms with van der Waals surface area (Å²) in [5.74, 6) is 0.751.